The van der Waals surface area contributed by atoms with E-state index in [1.807, 2.05) is 0 Å². The first-order chi connectivity index (χ1) is 7.61. The predicted molar refractivity (Wildman–Crippen MR) is 62.6 cm³/mol. The molecule has 0 aliphatic carbocycles. The van der Waals surface area contributed by atoms with Crippen LogP contribution in [0.15, 0.2) is 22.7 Å². The van der Waals surface area contributed by atoms with Crippen molar-refractivity contribution in [2.24, 2.45) is 0 Å². The second-order valence-electron chi connectivity index (χ2n) is 3.18. The topological polar surface area (TPSA) is 63.9 Å². The van der Waals surface area contributed by atoms with Gasteiger partial charge in [-0.3, -0.25) is 5.10 Å². The molecule has 1 aromatic heterocycles. The molecule has 1 aromatic carbocycles. The van der Waals surface area contributed by atoms with Crippen molar-refractivity contribution in [2.45, 2.75) is 0 Å². The summed E-state index contributed by atoms with van der Waals surface area (Å²) in [4.78, 5) is 0. The normalized spacial score (nSPS) is 10.4. The number of aromatic nitrogens is 2. The molecule has 6 heteroatoms. The minimum atomic E-state index is -0.450. The van der Waals surface area contributed by atoms with Crippen molar-refractivity contribution in [2.75, 3.05) is 12.8 Å². The van der Waals surface area contributed by atoms with Crippen molar-refractivity contribution in [1.82, 2.24) is 10.2 Å². The van der Waals surface area contributed by atoms with E-state index in [2.05, 4.69) is 26.1 Å². The van der Waals surface area contributed by atoms with Gasteiger partial charge in [0.05, 0.1) is 12.8 Å². The Bertz CT molecular complexity index is 527. The number of benzene rings is 1. The minimum Gasteiger partial charge on any atom is -0.494 e. The van der Waals surface area contributed by atoms with Gasteiger partial charge in [0, 0.05) is 16.1 Å². The van der Waals surface area contributed by atoms with E-state index >= 15 is 0 Å². The lowest BCUT2D eigenvalue weighted by Crippen LogP contribution is -1.92. The molecule has 0 atom stereocenters. The molecule has 0 fully saturated rings. The average Bonchev–Trinajstić information content (AvgIpc) is 2.67. The summed E-state index contributed by atoms with van der Waals surface area (Å²) in [5.41, 5.74) is 6.33. The quantitative estimate of drug-likeness (QED) is 0.891. The number of anilines is 1. The number of halogens is 2. The third kappa shape index (κ3) is 1.88. The fourth-order valence-corrected chi connectivity index (χ4v) is 1.82. The summed E-state index contributed by atoms with van der Waals surface area (Å²) >= 11 is 3.28. The SMILES string of the molecule is COc1cc(Br)cc(-c2cc(N)n[nH]2)c1F. The number of H-pyrrole nitrogens is 1. The summed E-state index contributed by atoms with van der Waals surface area (Å²) in [5.74, 6) is 0.0280. The average molecular weight is 286 g/mol. The van der Waals surface area contributed by atoms with E-state index in [4.69, 9.17) is 10.5 Å². The fraction of sp³-hybridized carbons (Fsp3) is 0.100. The van der Waals surface area contributed by atoms with E-state index in [0.717, 1.165) is 0 Å². The smallest absolute Gasteiger partial charge is 0.174 e. The monoisotopic (exact) mass is 285 g/mol. The van der Waals surface area contributed by atoms with E-state index in [0.29, 0.717) is 21.5 Å². The summed E-state index contributed by atoms with van der Waals surface area (Å²) in [6, 6.07) is 4.74. The number of nitrogens with two attached hydrogens (primary N) is 1. The van der Waals surface area contributed by atoms with Crippen LogP contribution in [0.1, 0.15) is 0 Å². The number of rotatable bonds is 2. The highest BCUT2D eigenvalue weighted by molar-refractivity contribution is 9.10. The molecule has 0 amide bonds. The fourth-order valence-electron chi connectivity index (χ4n) is 1.38. The van der Waals surface area contributed by atoms with Crippen LogP contribution in [0.25, 0.3) is 11.3 Å². The highest BCUT2D eigenvalue weighted by atomic mass is 79.9. The molecule has 4 nitrogen and oxygen atoms in total. The molecular weight excluding hydrogens is 277 g/mol. The van der Waals surface area contributed by atoms with Crippen LogP contribution in [0.5, 0.6) is 5.75 Å². The number of nitrogens with one attached hydrogen (secondary N) is 1. The molecule has 0 aliphatic heterocycles. The van der Waals surface area contributed by atoms with Gasteiger partial charge in [0.2, 0.25) is 0 Å². The van der Waals surface area contributed by atoms with Gasteiger partial charge in [0.25, 0.3) is 0 Å². The Balaban J connectivity index is 2.60. The summed E-state index contributed by atoms with van der Waals surface area (Å²) in [7, 11) is 1.41. The molecule has 0 radical (unpaired) electrons. The van der Waals surface area contributed by atoms with Gasteiger partial charge in [-0.2, -0.15) is 5.10 Å². The lowest BCUT2D eigenvalue weighted by molar-refractivity contribution is 0.387. The summed E-state index contributed by atoms with van der Waals surface area (Å²) in [6.07, 6.45) is 0. The van der Waals surface area contributed by atoms with Crippen LogP contribution < -0.4 is 10.5 Å². The first kappa shape index (κ1) is 10.9. The van der Waals surface area contributed by atoms with E-state index in [-0.39, 0.29) is 5.75 Å². The Kier molecular flexibility index (Phi) is 2.82. The lowest BCUT2D eigenvalue weighted by Gasteiger charge is -2.06. The van der Waals surface area contributed by atoms with Crippen molar-refractivity contribution in [1.29, 1.82) is 0 Å². The predicted octanol–water partition coefficient (Wildman–Crippen LogP) is 2.57. The van der Waals surface area contributed by atoms with Crippen molar-refractivity contribution in [3.8, 4) is 17.0 Å². The largest absolute Gasteiger partial charge is 0.494 e. The standard InChI is InChI=1S/C10H9BrFN3O/c1-16-8-3-5(11)2-6(10(8)12)7-4-9(13)15-14-7/h2-4H,1H3,(H3,13,14,15). The van der Waals surface area contributed by atoms with E-state index < -0.39 is 5.82 Å². The lowest BCUT2D eigenvalue weighted by atomic mass is 10.1. The van der Waals surface area contributed by atoms with E-state index in [1.165, 1.54) is 7.11 Å². The molecule has 84 valence electrons. The van der Waals surface area contributed by atoms with Crippen LogP contribution in [0.4, 0.5) is 10.2 Å². The van der Waals surface area contributed by atoms with Gasteiger partial charge in [-0.1, -0.05) is 15.9 Å². The Morgan fingerprint density at radius 2 is 2.19 bits per heavy atom. The molecule has 3 N–H and O–H groups in total. The van der Waals surface area contributed by atoms with Gasteiger partial charge >= 0.3 is 0 Å². The van der Waals surface area contributed by atoms with Crippen LogP contribution in [-0.4, -0.2) is 17.3 Å². The van der Waals surface area contributed by atoms with Crippen molar-refractivity contribution < 1.29 is 9.13 Å². The molecule has 0 aliphatic rings. The molecule has 0 bridgehead atoms. The van der Waals surface area contributed by atoms with Gasteiger partial charge in [0.1, 0.15) is 5.82 Å². The summed E-state index contributed by atoms with van der Waals surface area (Å²) in [6.45, 7) is 0. The van der Waals surface area contributed by atoms with Crippen molar-refractivity contribution >= 4 is 21.7 Å². The summed E-state index contributed by atoms with van der Waals surface area (Å²) < 4.78 is 19.6. The maximum Gasteiger partial charge on any atom is 0.174 e. The molecule has 0 saturated carbocycles. The van der Waals surface area contributed by atoms with Crippen LogP contribution in [0.3, 0.4) is 0 Å². The Hall–Kier alpha value is -1.56. The molecule has 0 spiro atoms. The number of hydrogen-bond donors (Lipinski definition) is 2. The maximum atomic E-state index is 13.9. The van der Waals surface area contributed by atoms with Gasteiger partial charge < -0.3 is 10.5 Å². The van der Waals surface area contributed by atoms with Crippen molar-refractivity contribution in [3.05, 3.63) is 28.5 Å². The molecule has 16 heavy (non-hydrogen) atoms. The van der Waals surface area contributed by atoms with E-state index in [1.54, 1.807) is 18.2 Å². The number of nitrogens with zero attached hydrogens (tertiary/aromatic N) is 1. The third-order valence-electron chi connectivity index (χ3n) is 2.11. The zero-order chi connectivity index (χ0) is 11.7. The van der Waals surface area contributed by atoms with Crippen LogP contribution in [0, 0.1) is 5.82 Å². The highest BCUT2D eigenvalue weighted by Crippen LogP contribution is 2.32. The van der Waals surface area contributed by atoms with Crippen LogP contribution in [0.2, 0.25) is 0 Å². The maximum absolute atomic E-state index is 13.9. The number of aromatic amines is 1. The van der Waals surface area contributed by atoms with Crippen molar-refractivity contribution in [3.63, 3.8) is 0 Å². The number of hydrogen-bond acceptors (Lipinski definition) is 3. The molecule has 2 rings (SSSR count). The van der Waals surface area contributed by atoms with E-state index in [9.17, 15) is 4.39 Å². The molecule has 2 aromatic rings. The molecular formula is C10H9BrFN3O. The third-order valence-corrected chi connectivity index (χ3v) is 2.57. The van der Waals surface area contributed by atoms with Gasteiger partial charge in [0.15, 0.2) is 11.6 Å². The number of methoxy groups -OCH3 is 1. The first-order valence-corrected chi connectivity index (χ1v) is 5.25. The molecule has 0 saturated heterocycles. The second kappa shape index (κ2) is 4.13. The Labute approximate surface area is 99.7 Å². The van der Waals surface area contributed by atoms with Crippen LogP contribution >= 0.6 is 15.9 Å². The summed E-state index contributed by atoms with van der Waals surface area (Å²) in [5, 5.41) is 6.40. The highest BCUT2D eigenvalue weighted by Gasteiger charge is 2.14. The minimum absolute atomic E-state index is 0.164. The number of nitrogen functional groups attached to an aromatic ring is 1. The molecule has 1 heterocycles. The van der Waals surface area contributed by atoms with Gasteiger partial charge in [-0.15, -0.1) is 0 Å². The second-order valence-corrected chi connectivity index (χ2v) is 4.09. The number of ether oxygens (including phenoxy) is 1. The zero-order valence-electron chi connectivity index (χ0n) is 8.42. The Morgan fingerprint density at radius 1 is 1.44 bits per heavy atom. The Morgan fingerprint density at radius 3 is 2.75 bits per heavy atom. The zero-order valence-corrected chi connectivity index (χ0v) is 10.0. The first-order valence-electron chi connectivity index (χ1n) is 4.46. The van der Waals surface area contributed by atoms with Gasteiger partial charge in [-0.25, -0.2) is 4.39 Å². The van der Waals surface area contributed by atoms with Crippen LogP contribution in [-0.2, 0) is 0 Å². The van der Waals surface area contributed by atoms with Gasteiger partial charge in [-0.05, 0) is 12.1 Å². The molecule has 0 unspecified atom stereocenters.